The average Bonchev–Trinajstić information content (AvgIpc) is 2.69. The van der Waals surface area contributed by atoms with E-state index in [0.717, 1.165) is 5.69 Å². The van der Waals surface area contributed by atoms with Gasteiger partial charge in [0.2, 0.25) is 0 Å². The van der Waals surface area contributed by atoms with Crippen LogP contribution in [0.15, 0.2) is 6.20 Å². The van der Waals surface area contributed by atoms with Crippen molar-refractivity contribution in [2.75, 3.05) is 6.54 Å². The van der Waals surface area contributed by atoms with Gasteiger partial charge in [0, 0.05) is 6.54 Å². The summed E-state index contributed by atoms with van der Waals surface area (Å²) in [6.45, 7) is 15.4. The van der Waals surface area contributed by atoms with Gasteiger partial charge in [0.05, 0.1) is 23.0 Å². The number of nitrogens with one attached hydrogen (secondary N) is 1. The predicted octanol–water partition coefficient (Wildman–Crippen LogP) is 3.15. The molecule has 0 saturated carbocycles. The Hall–Kier alpha value is -1.32. The van der Waals surface area contributed by atoms with Crippen LogP contribution >= 0.6 is 0 Å². The van der Waals surface area contributed by atoms with Gasteiger partial charge in [-0.25, -0.2) is 0 Å². The second-order valence-electron chi connectivity index (χ2n) is 6.78. The highest BCUT2D eigenvalue weighted by molar-refractivity contribution is 5.95. The van der Waals surface area contributed by atoms with Crippen LogP contribution < -0.4 is 5.32 Å². The highest BCUT2D eigenvalue weighted by Gasteiger charge is 2.25. The molecular weight excluding hydrogens is 238 g/mol. The van der Waals surface area contributed by atoms with E-state index in [1.807, 2.05) is 4.68 Å². The maximum atomic E-state index is 12.3. The lowest BCUT2D eigenvalue weighted by Crippen LogP contribution is -2.30. The maximum absolute atomic E-state index is 12.3. The predicted molar refractivity (Wildman–Crippen MR) is 78.5 cm³/mol. The van der Waals surface area contributed by atoms with E-state index in [-0.39, 0.29) is 17.4 Å². The SMILES string of the molecule is CC(C)CNC(=O)c1cnn(C(C)(C)C)c1C(C)C. The number of rotatable bonds is 4. The third-order valence-electron chi connectivity index (χ3n) is 2.90. The van der Waals surface area contributed by atoms with Crippen LogP contribution in [-0.4, -0.2) is 22.2 Å². The Kier molecular flexibility index (Phi) is 4.77. The Morgan fingerprint density at radius 3 is 2.32 bits per heavy atom. The van der Waals surface area contributed by atoms with Crippen molar-refractivity contribution in [1.82, 2.24) is 15.1 Å². The molecule has 0 saturated heterocycles. The molecule has 0 fully saturated rings. The highest BCUT2D eigenvalue weighted by Crippen LogP contribution is 2.25. The van der Waals surface area contributed by atoms with E-state index in [2.05, 4.69) is 58.9 Å². The third kappa shape index (κ3) is 3.82. The van der Waals surface area contributed by atoms with Crippen molar-refractivity contribution in [2.24, 2.45) is 5.92 Å². The van der Waals surface area contributed by atoms with Gasteiger partial charge < -0.3 is 5.32 Å². The summed E-state index contributed by atoms with van der Waals surface area (Å²) in [5.41, 5.74) is 1.59. The van der Waals surface area contributed by atoms with Gasteiger partial charge in [0.1, 0.15) is 0 Å². The number of nitrogens with zero attached hydrogens (tertiary/aromatic N) is 2. The van der Waals surface area contributed by atoms with Crippen LogP contribution in [0, 0.1) is 5.92 Å². The molecule has 1 rings (SSSR count). The van der Waals surface area contributed by atoms with E-state index in [0.29, 0.717) is 18.0 Å². The molecule has 0 aliphatic carbocycles. The Morgan fingerprint density at radius 2 is 1.89 bits per heavy atom. The van der Waals surface area contributed by atoms with Crippen molar-refractivity contribution in [1.29, 1.82) is 0 Å². The fourth-order valence-corrected chi connectivity index (χ4v) is 2.02. The van der Waals surface area contributed by atoms with E-state index >= 15 is 0 Å². The number of carbonyl (C=O) groups excluding carboxylic acids is 1. The van der Waals surface area contributed by atoms with Gasteiger partial charge in [-0.2, -0.15) is 5.10 Å². The molecule has 1 aromatic rings. The summed E-state index contributed by atoms with van der Waals surface area (Å²) in [4.78, 5) is 12.3. The Bertz CT molecular complexity index is 439. The Morgan fingerprint density at radius 1 is 1.32 bits per heavy atom. The van der Waals surface area contributed by atoms with Crippen molar-refractivity contribution in [3.05, 3.63) is 17.5 Å². The van der Waals surface area contributed by atoms with Gasteiger partial charge >= 0.3 is 0 Å². The fraction of sp³-hybridized carbons (Fsp3) is 0.733. The van der Waals surface area contributed by atoms with Gasteiger partial charge in [-0.05, 0) is 32.6 Å². The lowest BCUT2D eigenvalue weighted by molar-refractivity contribution is 0.0947. The number of aromatic nitrogens is 2. The number of carbonyl (C=O) groups is 1. The molecule has 4 nitrogen and oxygen atoms in total. The van der Waals surface area contributed by atoms with Crippen LogP contribution in [0.5, 0.6) is 0 Å². The summed E-state index contributed by atoms with van der Waals surface area (Å²) in [7, 11) is 0. The van der Waals surface area contributed by atoms with Gasteiger partial charge in [0.15, 0.2) is 0 Å². The van der Waals surface area contributed by atoms with Gasteiger partial charge in [-0.3, -0.25) is 9.48 Å². The van der Waals surface area contributed by atoms with E-state index in [9.17, 15) is 4.79 Å². The van der Waals surface area contributed by atoms with E-state index in [1.54, 1.807) is 6.20 Å². The minimum Gasteiger partial charge on any atom is -0.352 e. The number of hydrogen-bond donors (Lipinski definition) is 1. The van der Waals surface area contributed by atoms with Crippen LogP contribution in [0.3, 0.4) is 0 Å². The summed E-state index contributed by atoms with van der Waals surface area (Å²) in [5, 5.41) is 7.38. The minimum atomic E-state index is -0.115. The van der Waals surface area contributed by atoms with Crippen LogP contribution in [0.2, 0.25) is 0 Å². The molecule has 1 amide bonds. The van der Waals surface area contributed by atoms with Crippen molar-refractivity contribution >= 4 is 5.91 Å². The fourth-order valence-electron chi connectivity index (χ4n) is 2.02. The maximum Gasteiger partial charge on any atom is 0.254 e. The Balaban J connectivity index is 3.09. The summed E-state index contributed by atoms with van der Waals surface area (Å²) in [6, 6.07) is 0. The van der Waals surface area contributed by atoms with Gasteiger partial charge in [0.25, 0.3) is 5.91 Å². The molecule has 0 radical (unpaired) electrons. The van der Waals surface area contributed by atoms with Gasteiger partial charge in [-0.1, -0.05) is 27.7 Å². The molecule has 0 aliphatic rings. The lowest BCUT2D eigenvalue weighted by Gasteiger charge is -2.24. The molecule has 0 unspecified atom stereocenters. The molecule has 1 heterocycles. The van der Waals surface area contributed by atoms with Crippen molar-refractivity contribution in [3.63, 3.8) is 0 Å². The zero-order chi connectivity index (χ0) is 14.8. The van der Waals surface area contributed by atoms with Crippen molar-refractivity contribution < 1.29 is 4.79 Å². The van der Waals surface area contributed by atoms with Gasteiger partial charge in [-0.15, -0.1) is 0 Å². The normalized spacial score (nSPS) is 12.3. The molecule has 0 aliphatic heterocycles. The molecule has 0 bridgehead atoms. The van der Waals surface area contributed by atoms with Crippen LogP contribution in [0.4, 0.5) is 0 Å². The molecule has 1 N–H and O–H groups in total. The summed E-state index contributed by atoms with van der Waals surface area (Å²) >= 11 is 0. The minimum absolute atomic E-state index is 0.0205. The second kappa shape index (κ2) is 5.76. The number of hydrogen-bond acceptors (Lipinski definition) is 2. The zero-order valence-corrected chi connectivity index (χ0v) is 13.2. The smallest absolute Gasteiger partial charge is 0.254 e. The highest BCUT2D eigenvalue weighted by atomic mass is 16.1. The zero-order valence-electron chi connectivity index (χ0n) is 13.2. The molecule has 1 aromatic heterocycles. The first kappa shape index (κ1) is 15.7. The second-order valence-corrected chi connectivity index (χ2v) is 6.78. The molecule has 0 atom stereocenters. The number of amides is 1. The van der Waals surface area contributed by atoms with E-state index < -0.39 is 0 Å². The lowest BCUT2D eigenvalue weighted by atomic mass is 10.0. The largest absolute Gasteiger partial charge is 0.352 e. The first-order valence-electron chi connectivity index (χ1n) is 7.01. The van der Waals surface area contributed by atoms with E-state index in [4.69, 9.17) is 0 Å². The molecule has 0 spiro atoms. The molecule has 4 heteroatoms. The molecule has 0 aromatic carbocycles. The third-order valence-corrected chi connectivity index (χ3v) is 2.90. The quantitative estimate of drug-likeness (QED) is 0.909. The summed E-state index contributed by atoms with van der Waals surface area (Å²) in [6.07, 6.45) is 1.69. The van der Waals surface area contributed by atoms with E-state index in [1.165, 1.54) is 0 Å². The average molecular weight is 265 g/mol. The Labute approximate surface area is 116 Å². The summed E-state index contributed by atoms with van der Waals surface area (Å²) in [5.74, 6) is 0.693. The topological polar surface area (TPSA) is 46.9 Å². The summed E-state index contributed by atoms with van der Waals surface area (Å²) < 4.78 is 1.96. The standard InChI is InChI=1S/C15H27N3O/c1-10(2)8-16-14(19)12-9-17-18(15(5,6)7)13(12)11(3)4/h9-11H,8H2,1-7H3,(H,16,19). The first-order chi connectivity index (χ1) is 8.64. The molecule has 19 heavy (non-hydrogen) atoms. The van der Waals surface area contributed by atoms with Crippen LogP contribution in [0.1, 0.15) is 70.4 Å². The van der Waals surface area contributed by atoms with Crippen molar-refractivity contribution in [3.8, 4) is 0 Å². The van der Waals surface area contributed by atoms with Crippen LogP contribution in [-0.2, 0) is 5.54 Å². The van der Waals surface area contributed by atoms with Crippen LogP contribution in [0.25, 0.3) is 0 Å². The molecule has 108 valence electrons. The van der Waals surface area contributed by atoms with Crippen molar-refractivity contribution in [2.45, 2.75) is 59.9 Å². The monoisotopic (exact) mass is 265 g/mol. The first-order valence-corrected chi connectivity index (χ1v) is 7.01. The molecular formula is C15H27N3O.